The van der Waals surface area contributed by atoms with Crippen LogP contribution in [0, 0.1) is 0 Å². The van der Waals surface area contributed by atoms with Gasteiger partial charge in [0, 0.05) is 73.7 Å². The van der Waals surface area contributed by atoms with E-state index in [0.29, 0.717) is 18.7 Å². The van der Waals surface area contributed by atoms with Crippen LogP contribution < -0.4 is 11.3 Å². The van der Waals surface area contributed by atoms with Gasteiger partial charge in [0.1, 0.15) is 0 Å². The fraction of sp³-hybridized carbons (Fsp3) is 0.286. The molecule has 1 saturated heterocycles. The molecule has 0 unspecified atom stereocenters. The molecule has 0 bridgehead atoms. The zero-order valence-corrected chi connectivity index (χ0v) is 16.2. The maximum atomic E-state index is 12.9. The molecule has 0 spiro atoms. The van der Waals surface area contributed by atoms with Crippen molar-refractivity contribution >= 4 is 11.9 Å². The van der Waals surface area contributed by atoms with E-state index in [1.54, 1.807) is 37.9 Å². The number of carbonyl (C=O) groups is 1. The maximum absolute atomic E-state index is 12.9. The summed E-state index contributed by atoms with van der Waals surface area (Å²) in [5, 5.41) is 0. The van der Waals surface area contributed by atoms with Crippen molar-refractivity contribution in [2.45, 2.75) is 18.8 Å². The molecule has 1 amide bonds. The fourth-order valence-corrected chi connectivity index (χ4v) is 3.61. The van der Waals surface area contributed by atoms with Gasteiger partial charge in [0.05, 0.1) is 5.56 Å². The number of nitrogens with two attached hydrogens (primary N) is 1. The van der Waals surface area contributed by atoms with Crippen LogP contribution in [-0.4, -0.2) is 43.4 Å². The number of aryl methyl sites for hydroxylation is 1. The van der Waals surface area contributed by atoms with Crippen molar-refractivity contribution in [3.63, 3.8) is 0 Å². The van der Waals surface area contributed by atoms with Crippen molar-refractivity contribution in [1.29, 1.82) is 0 Å². The average molecular weight is 390 g/mol. The SMILES string of the molecule is Cn1cc(C(=O)N2CCC[C@H](c3ccc(-c4cnc(N)nc4)cn3)C2)ccc1=O. The number of pyridine rings is 2. The number of hydrogen-bond acceptors (Lipinski definition) is 6. The first-order chi connectivity index (χ1) is 14.0. The Labute approximate surface area is 168 Å². The van der Waals surface area contributed by atoms with Gasteiger partial charge in [-0.15, -0.1) is 0 Å². The molecule has 8 heteroatoms. The van der Waals surface area contributed by atoms with Gasteiger partial charge in [-0.25, -0.2) is 9.97 Å². The van der Waals surface area contributed by atoms with E-state index in [9.17, 15) is 9.59 Å². The maximum Gasteiger partial charge on any atom is 0.255 e. The highest BCUT2D eigenvalue weighted by atomic mass is 16.2. The first-order valence-electron chi connectivity index (χ1n) is 9.51. The van der Waals surface area contributed by atoms with Crippen LogP contribution in [0.5, 0.6) is 0 Å². The molecule has 4 rings (SSSR count). The highest BCUT2D eigenvalue weighted by molar-refractivity contribution is 5.94. The molecule has 1 fully saturated rings. The number of hydrogen-bond donors (Lipinski definition) is 1. The number of amides is 1. The van der Waals surface area contributed by atoms with E-state index in [1.165, 1.54) is 10.6 Å². The normalized spacial score (nSPS) is 16.6. The smallest absolute Gasteiger partial charge is 0.255 e. The molecule has 2 N–H and O–H groups in total. The standard InChI is InChI=1S/C21H22N6O2/c1-26-12-16(5-7-19(26)28)20(29)27-8-2-3-15(13-27)18-6-4-14(9-23-18)17-10-24-21(22)25-11-17/h4-7,9-12,15H,2-3,8,13H2,1H3,(H2,22,24,25)/t15-/m0/s1. The van der Waals surface area contributed by atoms with E-state index in [1.807, 2.05) is 17.0 Å². The third kappa shape index (κ3) is 4.01. The minimum atomic E-state index is -0.131. The number of carbonyl (C=O) groups excluding carboxylic acids is 1. The summed E-state index contributed by atoms with van der Waals surface area (Å²) in [7, 11) is 1.65. The Kier molecular flexibility index (Phi) is 5.07. The van der Waals surface area contributed by atoms with E-state index >= 15 is 0 Å². The van der Waals surface area contributed by atoms with Crippen molar-refractivity contribution in [3.05, 3.63) is 70.7 Å². The van der Waals surface area contributed by atoms with Crippen LogP contribution in [0.3, 0.4) is 0 Å². The summed E-state index contributed by atoms with van der Waals surface area (Å²) in [4.78, 5) is 38.9. The van der Waals surface area contributed by atoms with Crippen LogP contribution in [0.25, 0.3) is 11.1 Å². The number of rotatable bonds is 3. The zero-order chi connectivity index (χ0) is 20.4. The number of aromatic nitrogens is 4. The largest absolute Gasteiger partial charge is 0.368 e. The number of nitrogen functional groups attached to an aromatic ring is 1. The summed E-state index contributed by atoms with van der Waals surface area (Å²) in [5.41, 5.74) is 8.67. The van der Waals surface area contributed by atoms with Gasteiger partial charge in [0.25, 0.3) is 5.91 Å². The summed E-state index contributed by atoms with van der Waals surface area (Å²) in [5.74, 6) is 0.363. The molecule has 1 aliphatic heterocycles. The lowest BCUT2D eigenvalue weighted by Crippen LogP contribution is -2.39. The number of likely N-dealkylation sites (tertiary alicyclic amines) is 1. The summed E-state index contributed by atoms with van der Waals surface area (Å²) in [6.45, 7) is 1.32. The van der Waals surface area contributed by atoms with Crippen LogP contribution in [0.4, 0.5) is 5.95 Å². The molecule has 3 aromatic heterocycles. The molecule has 1 aliphatic rings. The monoisotopic (exact) mass is 390 g/mol. The second-order valence-corrected chi connectivity index (χ2v) is 7.26. The van der Waals surface area contributed by atoms with E-state index < -0.39 is 0 Å². The van der Waals surface area contributed by atoms with Gasteiger partial charge in [0.15, 0.2) is 0 Å². The van der Waals surface area contributed by atoms with Gasteiger partial charge >= 0.3 is 0 Å². The molecular weight excluding hydrogens is 368 g/mol. The van der Waals surface area contributed by atoms with Crippen LogP contribution in [0.1, 0.15) is 34.8 Å². The van der Waals surface area contributed by atoms with Gasteiger partial charge in [0.2, 0.25) is 11.5 Å². The van der Waals surface area contributed by atoms with Crippen molar-refractivity contribution in [2.75, 3.05) is 18.8 Å². The predicted octanol–water partition coefficient (Wildman–Crippen LogP) is 1.84. The molecule has 0 radical (unpaired) electrons. The van der Waals surface area contributed by atoms with Gasteiger partial charge < -0.3 is 15.2 Å². The highest BCUT2D eigenvalue weighted by Gasteiger charge is 2.26. The minimum Gasteiger partial charge on any atom is -0.368 e. The molecule has 29 heavy (non-hydrogen) atoms. The third-order valence-electron chi connectivity index (χ3n) is 5.25. The second kappa shape index (κ2) is 7.83. The van der Waals surface area contributed by atoms with Crippen LogP contribution in [0.2, 0.25) is 0 Å². The lowest BCUT2D eigenvalue weighted by molar-refractivity contribution is 0.0705. The van der Waals surface area contributed by atoms with Crippen molar-refractivity contribution in [2.24, 2.45) is 7.05 Å². The Morgan fingerprint density at radius 1 is 1.07 bits per heavy atom. The number of anilines is 1. The van der Waals surface area contributed by atoms with Crippen molar-refractivity contribution in [1.82, 2.24) is 24.4 Å². The zero-order valence-electron chi connectivity index (χ0n) is 16.2. The van der Waals surface area contributed by atoms with E-state index in [0.717, 1.165) is 29.7 Å². The molecular formula is C21H22N6O2. The van der Waals surface area contributed by atoms with Gasteiger partial charge in [-0.3, -0.25) is 14.6 Å². The molecule has 3 aromatic rings. The van der Waals surface area contributed by atoms with E-state index in [2.05, 4.69) is 15.0 Å². The third-order valence-corrected chi connectivity index (χ3v) is 5.25. The summed E-state index contributed by atoms with van der Waals surface area (Å²) >= 11 is 0. The van der Waals surface area contributed by atoms with Crippen LogP contribution in [0.15, 0.2) is 53.8 Å². The summed E-state index contributed by atoms with van der Waals surface area (Å²) < 4.78 is 1.43. The highest BCUT2D eigenvalue weighted by Crippen LogP contribution is 2.28. The lowest BCUT2D eigenvalue weighted by atomic mass is 9.93. The van der Waals surface area contributed by atoms with E-state index in [-0.39, 0.29) is 23.3 Å². The minimum absolute atomic E-state index is 0.0547. The predicted molar refractivity (Wildman–Crippen MR) is 109 cm³/mol. The fourth-order valence-electron chi connectivity index (χ4n) is 3.61. The Balaban J connectivity index is 1.49. The second-order valence-electron chi connectivity index (χ2n) is 7.26. The van der Waals surface area contributed by atoms with Crippen molar-refractivity contribution < 1.29 is 4.79 Å². The molecule has 0 aliphatic carbocycles. The van der Waals surface area contributed by atoms with Crippen LogP contribution >= 0.6 is 0 Å². The first-order valence-corrected chi connectivity index (χ1v) is 9.51. The molecule has 4 heterocycles. The lowest BCUT2D eigenvalue weighted by Gasteiger charge is -2.32. The summed E-state index contributed by atoms with van der Waals surface area (Å²) in [6.07, 6.45) is 8.64. The summed E-state index contributed by atoms with van der Waals surface area (Å²) in [6, 6.07) is 7.01. The topological polar surface area (TPSA) is 107 Å². The molecule has 0 saturated carbocycles. The quantitative estimate of drug-likeness (QED) is 0.731. The molecule has 0 aromatic carbocycles. The number of nitrogens with zero attached hydrogens (tertiary/aromatic N) is 5. The van der Waals surface area contributed by atoms with Gasteiger partial charge in [-0.05, 0) is 25.0 Å². The average Bonchev–Trinajstić information content (AvgIpc) is 2.76. The van der Waals surface area contributed by atoms with Crippen molar-refractivity contribution in [3.8, 4) is 11.1 Å². The first kappa shape index (κ1) is 18.8. The Morgan fingerprint density at radius 3 is 2.52 bits per heavy atom. The van der Waals surface area contributed by atoms with Gasteiger partial charge in [-0.1, -0.05) is 6.07 Å². The Bertz CT molecular complexity index is 1080. The van der Waals surface area contributed by atoms with Gasteiger partial charge in [-0.2, -0.15) is 0 Å². The molecule has 8 nitrogen and oxygen atoms in total. The Hall–Kier alpha value is -3.55. The number of piperidine rings is 1. The van der Waals surface area contributed by atoms with E-state index in [4.69, 9.17) is 5.73 Å². The molecule has 148 valence electrons. The molecule has 1 atom stereocenters. The van der Waals surface area contributed by atoms with Crippen LogP contribution in [-0.2, 0) is 7.05 Å². The Morgan fingerprint density at radius 2 is 1.83 bits per heavy atom.